The lowest BCUT2D eigenvalue weighted by Gasteiger charge is -2.42. The number of hydrogen-bond acceptors (Lipinski definition) is 18. The van der Waals surface area contributed by atoms with E-state index in [1.165, 1.54) is 77.2 Å². The summed E-state index contributed by atoms with van der Waals surface area (Å²) in [7, 11) is 0.0687. The molecule has 2 aliphatic carbocycles. The topological polar surface area (TPSA) is 267 Å². The number of piperidine rings is 2. The van der Waals surface area contributed by atoms with Crippen LogP contribution in [0.5, 0.6) is 0 Å². The van der Waals surface area contributed by atoms with Crippen LogP contribution in [0, 0.1) is 10.8 Å². The Kier molecular flexibility index (Phi) is 37.8. The number of aromatic nitrogens is 8. The van der Waals surface area contributed by atoms with Gasteiger partial charge in [0, 0.05) is 47.3 Å². The van der Waals surface area contributed by atoms with Gasteiger partial charge in [-0.25, -0.2) is 76.0 Å². The summed E-state index contributed by atoms with van der Waals surface area (Å²) in [6.45, 7) is 9.71. The third kappa shape index (κ3) is 25.0. The highest BCUT2D eigenvalue weighted by Crippen LogP contribution is 2.48. The van der Waals surface area contributed by atoms with E-state index in [0.29, 0.717) is 85.9 Å². The molecule has 2 aliphatic heterocycles. The summed E-state index contributed by atoms with van der Waals surface area (Å²) in [6, 6.07) is 20.4. The second kappa shape index (κ2) is 43.2. The first-order chi connectivity index (χ1) is 49.7. The average Bonchev–Trinajstić information content (AvgIpc) is 1.77. The maximum atomic E-state index is 13.8. The number of ether oxygens (including phenoxy) is 2. The molecule has 0 radical (unpaired) electrons. The molecule has 4 aromatic carbocycles. The van der Waals surface area contributed by atoms with Gasteiger partial charge < -0.3 is 35.5 Å². The van der Waals surface area contributed by atoms with Gasteiger partial charge in [0.15, 0.2) is 17.2 Å². The fourth-order valence-electron chi connectivity index (χ4n) is 11.8. The predicted octanol–water partition coefficient (Wildman–Crippen LogP) is 20.3. The Morgan fingerprint density at radius 2 is 1.02 bits per heavy atom. The van der Waals surface area contributed by atoms with Crippen molar-refractivity contribution in [1.82, 2.24) is 49.9 Å². The number of carbonyl (C=O) groups excluding carboxylic acids is 2. The number of rotatable bonds is 11. The van der Waals surface area contributed by atoms with Crippen LogP contribution < -0.4 is 26.1 Å². The number of methoxy groups -OCH3 is 2. The number of anilines is 1. The van der Waals surface area contributed by atoms with Gasteiger partial charge >= 0.3 is 19.1 Å². The smallest absolute Gasteiger partial charge is 0.464 e. The summed E-state index contributed by atoms with van der Waals surface area (Å²) in [5.74, 6) is -0.853. The molecule has 2 saturated carbocycles. The van der Waals surface area contributed by atoms with Crippen molar-refractivity contribution < 1.29 is 50.9 Å². The molecule has 4 aromatic heterocycles. The number of nitrogens with one attached hydrogen (secondary N) is 2. The lowest BCUT2D eigenvalue weighted by Crippen LogP contribution is -2.50. The minimum Gasteiger partial charge on any atom is -0.464 e. The first-order valence-electron chi connectivity index (χ1n) is 32.0. The van der Waals surface area contributed by atoms with Gasteiger partial charge in [-0.15, -0.1) is 0 Å². The van der Waals surface area contributed by atoms with Gasteiger partial charge in [-0.3, -0.25) is 0 Å². The van der Waals surface area contributed by atoms with Crippen molar-refractivity contribution >= 4 is 198 Å². The van der Waals surface area contributed by atoms with Gasteiger partial charge in [0.1, 0.15) is 29.8 Å². The normalized spacial score (nSPS) is 16.3. The Balaban J connectivity index is 0.000000236. The maximum Gasteiger partial charge on any atom is 0.490 e. The summed E-state index contributed by atoms with van der Waals surface area (Å²) in [5, 5.41) is 23.4. The molecule has 1 unspecified atom stereocenters. The Hall–Kier alpha value is -4.09. The molecular formula is C70H77BBr4Cl8F4N12O7S. The Bertz CT molecular complexity index is 4360. The third-order valence-electron chi connectivity index (χ3n) is 17.4. The number of esters is 2. The molecule has 12 rings (SSSR count). The van der Waals surface area contributed by atoms with Gasteiger partial charge in [-0.1, -0.05) is 169 Å². The van der Waals surface area contributed by atoms with Crippen LogP contribution in [0.25, 0.3) is 33.8 Å². The first kappa shape index (κ1) is 93.5. The number of carbonyl (C=O) groups is 2. The fourth-order valence-corrected chi connectivity index (χ4v) is 15.7. The second-order valence-corrected chi connectivity index (χ2v) is 33.1. The summed E-state index contributed by atoms with van der Waals surface area (Å²) >= 11 is 59.7. The minimum atomic E-state index is -2.73. The summed E-state index contributed by atoms with van der Waals surface area (Å²) in [6.07, 6.45) is 11.8. The van der Waals surface area contributed by atoms with E-state index in [9.17, 15) is 31.4 Å². The third-order valence-corrected chi connectivity index (χ3v) is 24.5. The standard InChI is InChI=1S/C20H22Cl2F2N4.C13H26N2OS.C12H7BrCl2N2O2.C11H5BrCl2F2N2.C6H5BCl2O2.C6H4Br2N2O2.2CH4/c21-13-4-1-3-12(16(13)22)14-11-26-19(17(27-14)18(23)24)28-9-7-20(8-10-28)6-2-5-15(20)25;1-12(2,3)17(16)15-11-5-4-6-13(11)7-9-14-10-8-13;1-19-12(18)10-11(13)16-5-8(17-10)6-3-2-4-7(14)9(6)15;12-10-9(11(15)16)18-7(4-17-10)5-2-1-3-6(13)8(5)14;8-5-3-1-2-4(6(5)9)7(10)11;1-12-6(11)4-5(8)9-2-3(7)10-4;;/h1,3-4,11,15,18H,2,5-10,25H2;11,14-15H,4-10H2,1-3H3;2-5H,1H3;1-4,11H;1-3,10-11H;2H,1H3;2*1H4/t15-;11-,17?;;;;;;/m11....../s1. The Morgan fingerprint density at radius 1 is 0.598 bits per heavy atom. The van der Waals surface area contributed by atoms with E-state index < -0.39 is 48.6 Å². The highest BCUT2D eigenvalue weighted by molar-refractivity contribution is 9.11. The molecule has 6 heterocycles. The van der Waals surface area contributed by atoms with Crippen molar-refractivity contribution in [2.24, 2.45) is 16.6 Å². The number of benzene rings is 4. The van der Waals surface area contributed by atoms with E-state index >= 15 is 0 Å². The molecule has 19 nitrogen and oxygen atoms in total. The molecule has 0 bridgehead atoms. The van der Waals surface area contributed by atoms with Crippen LogP contribution in [0.2, 0.25) is 40.2 Å². The zero-order chi connectivity index (χ0) is 77.3. The molecule has 37 heteroatoms. The zero-order valence-corrected chi connectivity index (χ0v) is 69.7. The van der Waals surface area contributed by atoms with E-state index in [0.717, 1.165) is 45.2 Å². The number of nitrogens with zero attached hydrogens (tertiary/aromatic N) is 9. The van der Waals surface area contributed by atoms with Crippen molar-refractivity contribution in [3.05, 3.63) is 179 Å². The molecule has 107 heavy (non-hydrogen) atoms. The molecular weight excluding hydrogens is 1840 g/mol. The molecule has 8 aromatic rings. The van der Waals surface area contributed by atoms with E-state index in [1.807, 2.05) is 25.7 Å². The number of halogens is 16. The lowest BCUT2D eigenvalue weighted by molar-refractivity contribution is 0.0583. The molecule has 0 amide bonds. The van der Waals surface area contributed by atoms with E-state index in [4.69, 9.17) is 109 Å². The second-order valence-electron chi connectivity index (χ2n) is 24.9. The van der Waals surface area contributed by atoms with Gasteiger partial charge in [0.25, 0.3) is 12.9 Å². The van der Waals surface area contributed by atoms with Crippen molar-refractivity contribution in [2.75, 3.05) is 45.3 Å². The predicted molar refractivity (Wildman–Crippen MR) is 437 cm³/mol. The van der Waals surface area contributed by atoms with Crippen molar-refractivity contribution in [3.63, 3.8) is 0 Å². The molecule has 2 spiro atoms. The zero-order valence-electron chi connectivity index (χ0n) is 56.5. The van der Waals surface area contributed by atoms with Crippen LogP contribution in [0.3, 0.4) is 0 Å². The summed E-state index contributed by atoms with van der Waals surface area (Å²) in [5.41, 5.74) is 9.15. The van der Waals surface area contributed by atoms with Crippen LogP contribution in [-0.2, 0) is 20.5 Å². The average molecular weight is 1920 g/mol. The lowest BCUT2D eigenvalue weighted by atomic mass is 9.74. The van der Waals surface area contributed by atoms with Crippen molar-refractivity contribution in [2.45, 2.75) is 130 Å². The fraction of sp³-hybridized carbons (Fsp3) is 0.400. The highest BCUT2D eigenvalue weighted by atomic mass is 79.9. The first-order valence-corrected chi connectivity index (χ1v) is 39.4. The molecule has 3 atom stereocenters. The number of alkyl halides is 4. The molecule has 4 fully saturated rings. The van der Waals surface area contributed by atoms with Gasteiger partial charge in [-0.2, -0.15) is 0 Å². The van der Waals surface area contributed by atoms with Crippen LogP contribution in [0.4, 0.5) is 23.4 Å². The van der Waals surface area contributed by atoms with Gasteiger partial charge in [0.2, 0.25) is 0 Å². The number of hydrogen-bond donors (Lipinski definition) is 5. The molecule has 2 saturated heterocycles. The number of nitrogens with two attached hydrogens (primary N) is 1. The monoisotopic (exact) mass is 1910 g/mol. The minimum absolute atomic E-state index is 0. The SMILES string of the molecule is C.C.CC(C)(C)S(=O)N[C@@H]1CCCC12CCNCC2.COC(=O)c1nc(-c2cccc(Cl)c2Cl)cnc1Br.COC(=O)c1nc(Br)cnc1Br.FC(F)c1nc(-c2cccc(Cl)c2Cl)cnc1Br.N[C@@H]1CCCC12CCN(c1ncc(-c3cccc(Cl)c3Cl)nc1C(F)F)CC2.OB(O)c1cccc(Cl)c1Cl. The van der Waals surface area contributed by atoms with E-state index in [-0.39, 0.29) is 90.5 Å². The Labute approximate surface area is 696 Å². The van der Waals surface area contributed by atoms with E-state index in [2.05, 4.69) is 123 Å². The highest BCUT2D eigenvalue weighted by Gasteiger charge is 2.46. The van der Waals surface area contributed by atoms with Gasteiger partial charge in [-0.05, 0) is 184 Å². The quantitative estimate of drug-likeness (QED) is 0.0458. The Morgan fingerprint density at radius 3 is 1.47 bits per heavy atom. The summed E-state index contributed by atoms with van der Waals surface area (Å²) in [4.78, 5) is 56.7. The van der Waals surface area contributed by atoms with Crippen molar-refractivity contribution in [3.8, 4) is 33.8 Å². The maximum absolute atomic E-state index is 13.8. The molecule has 580 valence electrons. The molecule has 6 N–H and O–H groups in total. The van der Waals surface area contributed by atoms with Gasteiger partial charge in [0.05, 0.1) is 112 Å². The molecule has 4 aliphatic rings. The van der Waals surface area contributed by atoms with Crippen LogP contribution in [0.1, 0.15) is 145 Å². The van der Waals surface area contributed by atoms with Crippen LogP contribution in [-0.4, -0.2) is 130 Å². The van der Waals surface area contributed by atoms with Crippen LogP contribution in [0.15, 0.2) is 116 Å². The van der Waals surface area contributed by atoms with Crippen molar-refractivity contribution in [1.29, 1.82) is 0 Å². The van der Waals surface area contributed by atoms with E-state index in [1.54, 1.807) is 66.7 Å². The van der Waals surface area contributed by atoms with Crippen LogP contribution >= 0.6 is 157 Å². The summed E-state index contributed by atoms with van der Waals surface area (Å²) < 4.78 is 78.8. The largest absolute Gasteiger partial charge is 0.490 e.